The van der Waals surface area contributed by atoms with Crippen LogP contribution < -0.4 is 0 Å². The molecule has 2 nitrogen and oxygen atoms in total. The molecule has 0 aliphatic rings. The second kappa shape index (κ2) is 17.4. The summed E-state index contributed by atoms with van der Waals surface area (Å²) in [5, 5.41) is 0. The molecule has 0 amide bonds. The van der Waals surface area contributed by atoms with Crippen LogP contribution in [-0.4, -0.2) is 48.1 Å². The third kappa shape index (κ3) is 12.2. The summed E-state index contributed by atoms with van der Waals surface area (Å²) in [5.41, 5.74) is 1.47. The standard InChI is InChI=1S/C14H20NO.3C4H9.Sn/c1-15(11-7-4-8-12-16-2)13-14-9-5-3-6-10-14;3*1-3-4-2;/h3-6,8-10H,1,7,11-13H2,2H3;3*1,3-4H2,2H3;/b8-4-;;;;. The van der Waals surface area contributed by atoms with Gasteiger partial charge in [-0.15, -0.1) is 0 Å². The molecule has 0 aliphatic heterocycles. The van der Waals surface area contributed by atoms with Crippen molar-refractivity contribution in [1.82, 2.24) is 4.90 Å². The van der Waals surface area contributed by atoms with Gasteiger partial charge in [-0.1, -0.05) is 0 Å². The average molecular weight is 508 g/mol. The summed E-state index contributed by atoms with van der Waals surface area (Å²) in [6, 6.07) is 11.1. The molecule has 0 atom stereocenters. The molecule has 0 saturated heterocycles. The minimum absolute atomic E-state index is 0.728. The van der Waals surface area contributed by atoms with E-state index in [0.29, 0.717) is 0 Å². The third-order valence-corrected chi connectivity index (χ3v) is 21.3. The number of nitrogens with zero attached hydrogens (tertiary/aromatic N) is 1. The monoisotopic (exact) mass is 509 g/mol. The van der Waals surface area contributed by atoms with E-state index in [2.05, 4.69) is 68.2 Å². The van der Waals surface area contributed by atoms with Gasteiger partial charge in [-0.25, -0.2) is 0 Å². The van der Waals surface area contributed by atoms with Crippen LogP contribution in [0.4, 0.5) is 0 Å². The first-order chi connectivity index (χ1) is 14.2. The van der Waals surface area contributed by atoms with E-state index in [1.807, 2.05) is 0 Å². The van der Waals surface area contributed by atoms with E-state index in [4.69, 9.17) is 4.74 Å². The summed E-state index contributed by atoms with van der Waals surface area (Å²) in [7, 11) is 1.77. The van der Waals surface area contributed by atoms with E-state index in [-0.39, 0.29) is 0 Å². The van der Waals surface area contributed by atoms with Gasteiger partial charge in [0.15, 0.2) is 0 Å². The molecule has 0 aromatic heterocycles. The maximum atomic E-state index is 5.17. The Morgan fingerprint density at radius 2 is 1.45 bits per heavy atom. The van der Waals surface area contributed by atoms with Crippen molar-refractivity contribution in [3.63, 3.8) is 0 Å². The molecule has 0 bridgehead atoms. The molecule has 0 N–H and O–H groups in total. The van der Waals surface area contributed by atoms with Crippen LogP contribution in [0.2, 0.25) is 13.3 Å². The predicted octanol–water partition coefficient (Wildman–Crippen LogP) is 7.47. The molecule has 1 aromatic carbocycles. The second-order valence-corrected chi connectivity index (χ2v) is 22.5. The van der Waals surface area contributed by atoms with Crippen LogP contribution in [0.25, 0.3) is 0 Å². The SMILES string of the molecule is CCC[CH2][Sn]([CH2]CCC)([CH2]CCC)[CH2]N(CC/C=C\COC)Cc1ccccc1. The summed E-state index contributed by atoms with van der Waals surface area (Å²) in [6.45, 7) is 10.1. The van der Waals surface area contributed by atoms with Crippen molar-refractivity contribution in [2.45, 2.75) is 85.6 Å². The molecule has 3 heteroatoms. The zero-order valence-corrected chi connectivity index (χ0v) is 22.7. The van der Waals surface area contributed by atoms with Crippen molar-refractivity contribution in [3.05, 3.63) is 48.0 Å². The number of hydrogen-bond acceptors (Lipinski definition) is 2. The van der Waals surface area contributed by atoms with Gasteiger partial charge in [0.2, 0.25) is 0 Å². The predicted molar refractivity (Wildman–Crippen MR) is 132 cm³/mol. The topological polar surface area (TPSA) is 12.5 Å². The van der Waals surface area contributed by atoms with Gasteiger partial charge in [-0.05, 0) is 0 Å². The number of methoxy groups -OCH3 is 1. The van der Waals surface area contributed by atoms with Crippen LogP contribution in [-0.2, 0) is 11.3 Å². The minimum atomic E-state index is -2.17. The zero-order chi connectivity index (χ0) is 21.2. The Morgan fingerprint density at radius 1 is 0.862 bits per heavy atom. The first-order valence-corrected chi connectivity index (χ1v) is 20.2. The average Bonchev–Trinajstić information content (AvgIpc) is 2.75. The molecule has 1 aromatic rings. The van der Waals surface area contributed by atoms with E-state index < -0.39 is 18.4 Å². The van der Waals surface area contributed by atoms with E-state index in [9.17, 15) is 0 Å². The summed E-state index contributed by atoms with van der Waals surface area (Å²) < 4.78 is 11.4. The van der Waals surface area contributed by atoms with Crippen molar-refractivity contribution < 1.29 is 4.74 Å². The van der Waals surface area contributed by atoms with Gasteiger partial charge in [-0.3, -0.25) is 0 Å². The molecular weight excluding hydrogens is 461 g/mol. The van der Waals surface area contributed by atoms with Crippen LogP contribution >= 0.6 is 0 Å². The molecule has 0 heterocycles. The van der Waals surface area contributed by atoms with Crippen LogP contribution in [0.15, 0.2) is 42.5 Å². The van der Waals surface area contributed by atoms with Crippen molar-refractivity contribution in [3.8, 4) is 0 Å². The molecule has 0 fully saturated rings. The van der Waals surface area contributed by atoms with Crippen LogP contribution in [0.5, 0.6) is 0 Å². The molecular formula is C26H47NOSn. The molecule has 0 saturated carbocycles. The van der Waals surface area contributed by atoms with Crippen molar-refractivity contribution in [1.29, 1.82) is 0 Å². The van der Waals surface area contributed by atoms with Crippen LogP contribution in [0.3, 0.4) is 0 Å². The first kappa shape index (κ1) is 26.7. The van der Waals surface area contributed by atoms with Gasteiger partial charge >= 0.3 is 186 Å². The summed E-state index contributed by atoms with van der Waals surface area (Å²) in [5.74, 6) is 0. The fraction of sp³-hybridized carbons (Fsp3) is 0.692. The third-order valence-electron chi connectivity index (χ3n) is 6.03. The molecule has 0 aliphatic carbocycles. The summed E-state index contributed by atoms with van der Waals surface area (Å²) in [6.07, 6.45) is 14.0. The normalized spacial score (nSPS) is 12.3. The van der Waals surface area contributed by atoms with Gasteiger partial charge in [0.25, 0.3) is 0 Å². The van der Waals surface area contributed by atoms with Gasteiger partial charge < -0.3 is 0 Å². The quantitative estimate of drug-likeness (QED) is 0.151. The molecule has 166 valence electrons. The van der Waals surface area contributed by atoms with Gasteiger partial charge in [0, 0.05) is 0 Å². The van der Waals surface area contributed by atoms with E-state index in [0.717, 1.165) is 19.6 Å². The fourth-order valence-corrected chi connectivity index (χ4v) is 20.8. The molecule has 29 heavy (non-hydrogen) atoms. The number of rotatable bonds is 18. The second-order valence-electron chi connectivity index (χ2n) is 8.72. The Labute approximate surface area is 186 Å². The molecule has 1 rings (SSSR count). The van der Waals surface area contributed by atoms with Crippen molar-refractivity contribution >= 4 is 18.4 Å². The first-order valence-electron chi connectivity index (χ1n) is 12.1. The van der Waals surface area contributed by atoms with E-state index in [1.54, 1.807) is 20.4 Å². The number of benzene rings is 1. The molecule has 0 radical (unpaired) electrons. The van der Waals surface area contributed by atoms with Gasteiger partial charge in [0.1, 0.15) is 0 Å². The zero-order valence-electron chi connectivity index (χ0n) is 19.8. The number of unbranched alkanes of at least 4 members (excludes halogenated alkanes) is 3. The molecule has 0 unspecified atom stereocenters. The number of hydrogen-bond donors (Lipinski definition) is 0. The Hall–Kier alpha value is -0.321. The number of ether oxygens (including phenoxy) is 1. The fourth-order valence-electron chi connectivity index (χ4n) is 4.34. The summed E-state index contributed by atoms with van der Waals surface area (Å²) in [4.78, 5) is 2.82. The summed E-state index contributed by atoms with van der Waals surface area (Å²) >= 11 is -2.17. The Kier molecular flexibility index (Phi) is 16.0. The van der Waals surface area contributed by atoms with Gasteiger partial charge in [0.05, 0.1) is 0 Å². The van der Waals surface area contributed by atoms with E-state index >= 15 is 0 Å². The maximum absolute atomic E-state index is 5.17. The van der Waals surface area contributed by atoms with Crippen molar-refractivity contribution in [2.24, 2.45) is 0 Å². The van der Waals surface area contributed by atoms with Crippen LogP contribution in [0, 0.1) is 0 Å². The Balaban J connectivity index is 2.94. The molecule has 0 spiro atoms. The Bertz CT molecular complexity index is 495. The Morgan fingerprint density at radius 3 is 1.97 bits per heavy atom. The van der Waals surface area contributed by atoms with E-state index in [1.165, 1.54) is 55.2 Å². The van der Waals surface area contributed by atoms with Gasteiger partial charge in [-0.2, -0.15) is 0 Å². The van der Waals surface area contributed by atoms with Crippen molar-refractivity contribution in [2.75, 3.05) is 24.8 Å². The van der Waals surface area contributed by atoms with Crippen LogP contribution in [0.1, 0.15) is 71.3 Å².